The van der Waals surface area contributed by atoms with Gasteiger partial charge in [0.25, 0.3) is 0 Å². The summed E-state index contributed by atoms with van der Waals surface area (Å²) in [5, 5.41) is 17.1. The number of carbonyl (C=O) groups is 1. The number of hydrogen-bond acceptors (Lipinski definition) is 2. The van der Waals surface area contributed by atoms with Gasteiger partial charge in [0, 0.05) is 0 Å². The molecule has 0 radical (unpaired) electrons. The predicted octanol–water partition coefficient (Wildman–Crippen LogP) is -1.79. The molecule has 3 nitrogen and oxygen atoms in total. The van der Waals surface area contributed by atoms with Gasteiger partial charge >= 0.3 is 57.4 Å². The van der Waals surface area contributed by atoms with E-state index in [9.17, 15) is 4.79 Å². The van der Waals surface area contributed by atoms with E-state index in [2.05, 4.69) is 0 Å². The van der Waals surface area contributed by atoms with Gasteiger partial charge in [-0.25, -0.2) is 4.79 Å². The minimum Gasteiger partial charge on any atom is -1.00 e. The van der Waals surface area contributed by atoms with E-state index in [-0.39, 0.29) is 64.1 Å². The molecule has 0 aliphatic carbocycles. The Morgan fingerprint density at radius 1 is 1.27 bits per heavy atom. The Morgan fingerprint density at radius 3 is 2.09 bits per heavy atom. The second-order valence-electron chi connectivity index (χ2n) is 1.85. The standard InChI is InChI=1S/C7H6O3.K.H/c8-6-3-1-5(2-4-6)7(9)10;;/h1-4,8H,(H,9,10);;/q;+1;-1. The Labute approximate surface area is 108 Å². The summed E-state index contributed by atoms with van der Waals surface area (Å²) in [4.78, 5) is 10.2. The van der Waals surface area contributed by atoms with Crippen LogP contribution in [0.2, 0.25) is 0 Å². The zero-order valence-electron chi connectivity index (χ0n) is 7.11. The molecule has 2 N–H and O–H groups in total. The molecule has 54 valence electrons. The Hall–Kier alpha value is 0.126. The van der Waals surface area contributed by atoms with Gasteiger partial charge in [-0.3, -0.25) is 0 Å². The van der Waals surface area contributed by atoms with Crippen LogP contribution in [0.5, 0.6) is 5.75 Å². The van der Waals surface area contributed by atoms with Crippen molar-refractivity contribution in [1.29, 1.82) is 0 Å². The van der Waals surface area contributed by atoms with Crippen molar-refractivity contribution in [1.82, 2.24) is 0 Å². The molecule has 0 aromatic heterocycles. The van der Waals surface area contributed by atoms with E-state index < -0.39 is 5.97 Å². The Bertz CT molecular complexity index is 247. The number of hydrogen-bond donors (Lipinski definition) is 2. The van der Waals surface area contributed by atoms with Crippen LogP contribution in [0.15, 0.2) is 24.3 Å². The molecule has 0 aliphatic heterocycles. The van der Waals surface area contributed by atoms with Gasteiger partial charge in [0.05, 0.1) is 5.56 Å². The van der Waals surface area contributed by atoms with Crippen molar-refractivity contribution in [2.45, 2.75) is 0 Å². The van der Waals surface area contributed by atoms with Gasteiger partial charge in [-0.2, -0.15) is 0 Å². The first-order valence-corrected chi connectivity index (χ1v) is 2.72. The smallest absolute Gasteiger partial charge is 1.00 e. The van der Waals surface area contributed by atoms with E-state index in [0.717, 1.165) is 0 Å². The minimum absolute atomic E-state index is 0. The molecular formula is C7H7KO3. The molecule has 0 atom stereocenters. The molecule has 1 aromatic rings. The maximum atomic E-state index is 10.2. The molecule has 0 unspecified atom stereocenters. The van der Waals surface area contributed by atoms with Crippen molar-refractivity contribution in [3.05, 3.63) is 29.8 Å². The maximum Gasteiger partial charge on any atom is 1.00 e. The van der Waals surface area contributed by atoms with Crippen LogP contribution >= 0.6 is 0 Å². The molecule has 1 aromatic carbocycles. The second kappa shape index (κ2) is 4.90. The molecule has 0 saturated heterocycles. The Morgan fingerprint density at radius 2 is 1.73 bits per heavy atom. The van der Waals surface area contributed by atoms with E-state index in [0.29, 0.717) is 0 Å². The third kappa shape index (κ3) is 3.35. The predicted molar refractivity (Wildman–Crippen MR) is 36.2 cm³/mol. The first kappa shape index (κ1) is 11.1. The second-order valence-corrected chi connectivity index (χ2v) is 1.85. The molecule has 0 spiro atoms. The third-order valence-corrected chi connectivity index (χ3v) is 1.11. The van der Waals surface area contributed by atoms with Crippen LogP contribution < -0.4 is 51.4 Å². The van der Waals surface area contributed by atoms with Crippen LogP contribution in [0.1, 0.15) is 11.8 Å². The van der Waals surface area contributed by atoms with Crippen molar-refractivity contribution in [2.75, 3.05) is 0 Å². The van der Waals surface area contributed by atoms with Gasteiger partial charge in [0.15, 0.2) is 0 Å². The number of aromatic carboxylic acids is 1. The summed E-state index contributed by atoms with van der Waals surface area (Å²) in [5.41, 5.74) is 0.179. The molecule has 0 saturated carbocycles. The monoisotopic (exact) mass is 178 g/mol. The van der Waals surface area contributed by atoms with Crippen molar-refractivity contribution < 1.29 is 67.8 Å². The van der Waals surface area contributed by atoms with Crippen LogP contribution in [-0.2, 0) is 0 Å². The van der Waals surface area contributed by atoms with E-state index in [1.165, 1.54) is 24.3 Å². The maximum absolute atomic E-state index is 10.2. The van der Waals surface area contributed by atoms with Crippen LogP contribution in [0, 0.1) is 0 Å². The quantitative estimate of drug-likeness (QED) is 0.499. The van der Waals surface area contributed by atoms with E-state index >= 15 is 0 Å². The molecule has 0 aliphatic rings. The van der Waals surface area contributed by atoms with Gasteiger partial charge in [-0.15, -0.1) is 0 Å². The summed E-state index contributed by atoms with van der Waals surface area (Å²) < 4.78 is 0. The summed E-state index contributed by atoms with van der Waals surface area (Å²) in [6, 6.07) is 5.36. The number of carboxylic acid groups (broad SMARTS) is 1. The van der Waals surface area contributed by atoms with Crippen LogP contribution in [0.25, 0.3) is 0 Å². The molecule has 11 heavy (non-hydrogen) atoms. The van der Waals surface area contributed by atoms with Gasteiger partial charge < -0.3 is 11.6 Å². The van der Waals surface area contributed by atoms with Crippen LogP contribution in [-0.4, -0.2) is 16.2 Å². The molecule has 4 heteroatoms. The van der Waals surface area contributed by atoms with Gasteiger partial charge in [-0.05, 0) is 24.3 Å². The third-order valence-electron chi connectivity index (χ3n) is 1.11. The average molecular weight is 178 g/mol. The van der Waals surface area contributed by atoms with Crippen molar-refractivity contribution >= 4 is 5.97 Å². The Balaban J connectivity index is 0. The SMILES string of the molecule is O=C(O)c1ccc(O)cc1.[H-].[K+]. The van der Waals surface area contributed by atoms with Crippen molar-refractivity contribution in [2.24, 2.45) is 0 Å². The summed E-state index contributed by atoms with van der Waals surface area (Å²) in [7, 11) is 0. The van der Waals surface area contributed by atoms with Crippen molar-refractivity contribution in [3.8, 4) is 5.75 Å². The fourth-order valence-electron chi connectivity index (χ4n) is 0.604. The zero-order valence-corrected chi connectivity index (χ0v) is 9.24. The van der Waals surface area contributed by atoms with E-state index in [4.69, 9.17) is 10.2 Å². The first-order chi connectivity index (χ1) is 4.70. The van der Waals surface area contributed by atoms with E-state index in [1.807, 2.05) is 0 Å². The molecular weight excluding hydrogens is 171 g/mol. The topological polar surface area (TPSA) is 57.5 Å². The largest absolute Gasteiger partial charge is 1.00 e. The van der Waals surface area contributed by atoms with Crippen LogP contribution in [0.3, 0.4) is 0 Å². The molecule has 0 amide bonds. The van der Waals surface area contributed by atoms with Crippen molar-refractivity contribution in [3.63, 3.8) is 0 Å². The fraction of sp³-hybridized carbons (Fsp3) is 0. The number of carboxylic acids is 1. The number of phenols is 1. The number of rotatable bonds is 1. The Kier molecular flexibility index (Phi) is 4.95. The average Bonchev–Trinajstić information content (AvgIpc) is 1.88. The molecule has 0 fully saturated rings. The summed E-state index contributed by atoms with van der Waals surface area (Å²) >= 11 is 0. The normalized spacial score (nSPS) is 8.36. The zero-order chi connectivity index (χ0) is 7.56. The molecule has 1 rings (SSSR count). The molecule has 0 bridgehead atoms. The molecule has 0 heterocycles. The van der Waals surface area contributed by atoms with Crippen LogP contribution in [0.4, 0.5) is 0 Å². The van der Waals surface area contributed by atoms with Gasteiger partial charge in [0.2, 0.25) is 0 Å². The van der Waals surface area contributed by atoms with E-state index in [1.54, 1.807) is 0 Å². The summed E-state index contributed by atoms with van der Waals surface area (Å²) in [6.45, 7) is 0. The summed E-state index contributed by atoms with van der Waals surface area (Å²) in [5.74, 6) is -0.912. The van der Waals surface area contributed by atoms with Gasteiger partial charge in [-0.1, -0.05) is 0 Å². The van der Waals surface area contributed by atoms with Gasteiger partial charge in [0.1, 0.15) is 5.75 Å². The summed E-state index contributed by atoms with van der Waals surface area (Å²) in [6.07, 6.45) is 0. The minimum atomic E-state index is -0.986. The number of aromatic hydroxyl groups is 1. The first-order valence-electron chi connectivity index (χ1n) is 2.72. The number of benzene rings is 1. The fourth-order valence-corrected chi connectivity index (χ4v) is 0.604. The number of phenolic OH excluding ortho intramolecular Hbond substituents is 1.